The highest BCUT2D eigenvalue weighted by atomic mass is 35.5. The first-order chi connectivity index (χ1) is 9.08. The lowest BCUT2D eigenvalue weighted by molar-refractivity contribution is -0.115. The Morgan fingerprint density at radius 3 is 2.68 bits per heavy atom. The van der Waals surface area contributed by atoms with Crippen molar-refractivity contribution >= 4 is 28.9 Å². The van der Waals surface area contributed by atoms with Crippen LogP contribution in [0.3, 0.4) is 0 Å². The van der Waals surface area contributed by atoms with E-state index in [1.54, 1.807) is 6.92 Å². The van der Waals surface area contributed by atoms with Crippen LogP contribution in [-0.4, -0.2) is 37.6 Å². The highest BCUT2D eigenvalue weighted by Crippen LogP contribution is 2.24. The molecule has 5 heteroatoms. The van der Waals surface area contributed by atoms with Crippen LogP contribution in [0.25, 0.3) is 0 Å². The fourth-order valence-corrected chi connectivity index (χ4v) is 2.19. The number of alkyl halides is 1. The smallest absolute Gasteiger partial charge is 0.242 e. The number of anilines is 2. The van der Waals surface area contributed by atoms with Crippen molar-refractivity contribution in [3.8, 4) is 0 Å². The van der Waals surface area contributed by atoms with E-state index < -0.39 is 5.38 Å². The van der Waals surface area contributed by atoms with Crippen LogP contribution in [0.4, 0.5) is 11.4 Å². The number of hydrogen-bond acceptors (Lipinski definition) is 3. The molecule has 2 rings (SSSR count). The number of nitrogens with zero attached hydrogens (tertiary/aromatic N) is 1. The van der Waals surface area contributed by atoms with Gasteiger partial charge >= 0.3 is 0 Å². The van der Waals surface area contributed by atoms with Gasteiger partial charge in [-0.1, -0.05) is 0 Å². The third-order valence-corrected chi connectivity index (χ3v) is 3.38. The maximum absolute atomic E-state index is 11.5. The lowest BCUT2D eigenvalue weighted by Crippen LogP contribution is -2.36. The number of morpholine rings is 1. The Balaban J connectivity index is 2.10. The summed E-state index contributed by atoms with van der Waals surface area (Å²) in [6.45, 7) is 7.05. The molecule has 0 bridgehead atoms. The van der Waals surface area contributed by atoms with Gasteiger partial charge in [0.1, 0.15) is 5.38 Å². The third-order valence-electron chi connectivity index (χ3n) is 3.18. The molecule has 4 nitrogen and oxygen atoms in total. The molecule has 0 aromatic heterocycles. The number of amides is 1. The lowest BCUT2D eigenvalue weighted by atomic mass is 10.1. The number of hydrogen-bond donors (Lipinski definition) is 1. The van der Waals surface area contributed by atoms with Crippen molar-refractivity contribution in [1.82, 2.24) is 0 Å². The minimum absolute atomic E-state index is 0.180. The minimum Gasteiger partial charge on any atom is -0.378 e. The zero-order valence-electron chi connectivity index (χ0n) is 11.3. The van der Waals surface area contributed by atoms with Crippen molar-refractivity contribution in [1.29, 1.82) is 0 Å². The largest absolute Gasteiger partial charge is 0.378 e. The Kier molecular flexibility index (Phi) is 4.66. The third kappa shape index (κ3) is 3.61. The van der Waals surface area contributed by atoms with Crippen molar-refractivity contribution in [3.63, 3.8) is 0 Å². The molecule has 0 aliphatic carbocycles. The zero-order valence-corrected chi connectivity index (χ0v) is 12.0. The Hall–Kier alpha value is -1.26. The SMILES string of the molecule is Cc1cc(NC(=O)C(C)Cl)ccc1N1CCOCC1. The second kappa shape index (κ2) is 6.26. The highest BCUT2D eigenvalue weighted by molar-refractivity contribution is 6.32. The molecule has 1 N–H and O–H groups in total. The van der Waals surface area contributed by atoms with E-state index >= 15 is 0 Å². The summed E-state index contributed by atoms with van der Waals surface area (Å²) in [7, 11) is 0. The van der Waals surface area contributed by atoms with Crippen LogP contribution in [0.1, 0.15) is 12.5 Å². The molecule has 0 spiro atoms. The number of nitrogens with one attached hydrogen (secondary N) is 1. The number of carbonyl (C=O) groups is 1. The lowest BCUT2D eigenvalue weighted by Gasteiger charge is -2.30. The van der Waals surface area contributed by atoms with Gasteiger partial charge in [0.25, 0.3) is 0 Å². The van der Waals surface area contributed by atoms with Gasteiger partial charge in [-0.15, -0.1) is 11.6 Å². The van der Waals surface area contributed by atoms with Crippen LogP contribution in [0, 0.1) is 6.92 Å². The van der Waals surface area contributed by atoms with Crippen molar-refractivity contribution < 1.29 is 9.53 Å². The Morgan fingerprint density at radius 2 is 2.11 bits per heavy atom. The number of aryl methyl sites for hydroxylation is 1. The predicted octanol–water partition coefficient (Wildman–Crippen LogP) is 2.40. The molecule has 1 amide bonds. The van der Waals surface area contributed by atoms with Crippen molar-refractivity contribution in [2.24, 2.45) is 0 Å². The topological polar surface area (TPSA) is 41.6 Å². The summed E-state index contributed by atoms with van der Waals surface area (Å²) in [5.74, 6) is -0.180. The predicted molar refractivity (Wildman–Crippen MR) is 78.2 cm³/mol. The summed E-state index contributed by atoms with van der Waals surface area (Å²) in [5, 5.41) is 2.27. The summed E-state index contributed by atoms with van der Waals surface area (Å²) >= 11 is 5.74. The fraction of sp³-hybridized carbons (Fsp3) is 0.500. The van der Waals surface area contributed by atoms with Crippen molar-refractivity contribution in [2.45, 2.75) is 19.2 Å². The van der Waals surface area contributed by atoms with E-state index in [0.29, 0.717) is 0 Å². The number of carbonyl (C=O) groups excluding carboxylic acids is 1. The maximum Gasteiger partial charge on any atom is 0.242 e. The van der Waals surface area contributed by atoms with Crippen molar-refractivity contribution in [3.05, 3.63) is 23.8 Å². The van der Waals surface area contributed by atoms with E-state index in [-0.39, 0.29) is 5.91 Å². The first-order valence-electron chi connectivity index (χ1n) is 6.46. The van der Waals surface area contributed by atoms with E-state index in [1.165, 1.54) is 5.69 Å². The van der Waals surface area contributed by atoms with Gasteiger partial charge in [0.2, 0.25) is 5.91 Å². The molecule has 1 fully saturated rings. The van der Waals surface area contributed by atoms with Crippen LogP contribution in [-0.2, 0) is 9.53 Å². The van der Waals surface area contributed by atoms with Gasteiger partial charge < -0.3 is 15.0 Å². The number of benzene rings is 1. The van der Waals surface area contributed by atoms with Gasteiger partial charge in [0, 0.05) is 24.5 Å². The minimum atomic E-state index is -0.528. The van der Waals surface area contributed by atoms with Gasteiger partial charge in [0.15, 0.2) is 0 Å². The average molecular weight is 283 g/mol. The van der Waals surface area contributed by atoms with Gasteiger partial charge in [-0.2, -0.15) is 0 Å². The molecule has 1 aromatic rings. The Labute approximate surface area is 118 Å². The quantitative estimate of drug-likeness (QED) is 0.866. The molecule has 1 aromatic carbocycles. The van der Waals surface area contributed by atoms with Crippen LogP contribution < -0.4 is 10.2 Å². The van der Waals surface area contributed by atoms with Gasteiger partial charge in [-0.25, -0.2) is 0 Å². The molecule has 1 unspecified atom stereocenters. The van der Waals surface area contributed by atoms with E-state index in [4.69, 9.17) is 16.3 Å². The zero-order chi connectivity index (χ0) is 13.8. The molecular formula is C14H19ClN2O2. The number of ether oxygens (including phenoxy) is 1. The van der Waals surface area contributed by atoms with E-state index in [2.05, 4.69) is 10.2 Å². The highest BCUT2D eigenvalue weighted by Gasteiger charge is 2.14. The van der Waals surface area contributed by atoms with Crippen LogP contribution in [0.5, 0.6) is 0 Å². The van der Waals surface area contributed by atoms with Crippen molar-refractivity contribution in [2.75, 3.05) is 36.5 Å². The molecule has 1 aliphatic rings. The molecule has 1 saturated heterocycles. The Morgan fingerprint density at radius 1 is 1.42 bits per heavy atom. The molecule has 1 atom stereocenters. The summed E-state index contributed by atoms with van der Waals surface area (Å²) in [6.07, 6.45) is 0. The second-order valence-corrected chi connectivity index (χ2v) is 5.36. The molecule has 0 saturated carbocycles. The van der Waals surface area contributed by atoms with Crippen LogP contribution in [0.2, 0.25) is 0 Å². The fourth-order valence-electron chi connectivity index (χ4n) is 2.13. The van der Waals surface area contributed by atoms with E-state index in [9.17, 15) is 4.79 Å². The van der Waals surface area contributed by atoms with Crippen LogP contribution in [0.15, 0.2) is 18.2 Å². The molecule has 104 valence electrons. The first kappa shape index (κ1) is 14.2. The maximum atomic E-state index is 11.5. The molecule has 19 heavy (non-hydrogen) atoms. The summed E-state index contributed by atoms with van der Waals surface area (Å²) in [5.41, 5.74) is 3.12. The van der Waals surface area contributed by atoms with Gasteiger partial charge in [-0.3, -0.25) is 4.79 Å². The van der Waals surface area contributed by atoms with E-state index in [1.807, 2.05) is 25.1 Å². The number of halogens is 1. The normalized spacial score (nSPS) is 17.1. The first-order valence-corrected chi connectivity index (χ1v) is 6.90. The Bertz CT molecular complexity index is 457. The second-order valence-electron chi connectivity index (χ2n) is 4.71. The molecule has 1 aliphatic heterocycles. The van der Waals surface area contributed by atoms with Gasteiger partial charge in [-0.05, 0) is 37.6 Å². The standard InChI is InChI=1S/C14H19ClN2O2/c1-10-9-12(16-14(18)11(2)15)3-4-13(10)17-5-7-19-8-6-17/h3-4,9,11H,5-8H2,1-2H3,(H,16,18). The summed E-state index contributed by atoms with van der Waals surface area (Å²) in [4.78, 5) is 13.8. The monoisotopic (exact) mass is 282 g/mol. The number of rotatable bonds is 3. The summed E-state index contributed by atoms with van der Waals surface area (Å²) in [6, 6.07) is 5.92. The van der Waals surface area contributed by atoms with Crippen LogP contribution >= 0.6 is 11.6 Å². The average Bonchev–Trinajstić information content (AvgIpc) is 2.39. The van der Waals surface area contributed by atoms with Gasteiger partial charge in [0.05, 0.1) is 13.2 Å². The van der Waals surface area contributed by atoms with E-state index in [0.717, 1.165) is 37.6 Å². The summed E-state index contributed by atoms with van der Waals surface area (Å²) < 4.78 is 5.35. The molecule has 0 radical (unpaired) electrons. The molecular weight excluding hydrogens is 264 g/mol. The molecule has 1 heterocycles.